The quantitative estimate of drug-likeness (QED) is 0.528. The number of anilines is 1. The molecule has 1 aliphatic heterocycles. The SMILES string of the molecule is Cc1nccn1-c1nc(NCc2ccc3c(c2)OCO3)c2c3c(sc2n1)CCCC3. The Balaban J connectivity index is 1.42. The van der Waals surface area contributed by atoms with Gasteiger partial charge in [0.15, 0.2) is 11.5 Å². The fourth-order valence-corrected chi connectivity index (χ4v) is 5.46. The van der Waals surface area contributed by atoms with Gasteiger partial charge in [-0.25, -0.2) is 9.97 Å². The first-order valence-electron chi connectivity index (χ1n) is 10.2. The molecular formula is C22H21N5O2S. The van der Waals surface area contributed by atoms with Crippen LogP contribution >= 0.6 is 11.3 Å². The maximum absolute atomic E-state index is 5.52. The molecule has 4 aromatic rings. The van der Waals surface area contributed by atoms with Gasteiger partial charge in [-0.2, -0.15) is 4.98 Å². The molecule has 0 atom stereocenters. The van der Waals surface area contributed by atoms with Crippen LogP contribution in [0.2, 0.25) is 0 Å². The Morgan fingerprint density at radius 3 is 2.93 bits per heavy atom. The van der Waals surface area contributed by atoms with Crippen molar-refractivity contribution in [2.45, 2.75) is 39.2 Å². The molecule has 0 radical (unpaired) electrons. The second kappa shape index (κ2) is 6.98. The van der Waals surface area contributed by atoms with E-state index in [0.717, 1.165) is 46.4 Å². The van der Waals surface area contributed by atoms with Crippen molar-refractivity contribution < 1.29 is 9.47 Å². The second-order valence-corrected chi connectivity index (χ2v) is 8.73. The van der Waals surface area contributed by atoms with Crippen LogP contribution in [0.4, 0.5) is 5.82 Å². The highest BCUT2D eigenvalue weighted by Crippen LogP contribution is 2.39. The molecule has 1 N–H and O–H groups in total. The molecule has 3 aromatic heterocycles. The average Bonchev–Trinajstić information content (AvgIpc) is 3.49. The fraction of sp³-hybridized carbons (Fsp3) is 0.318. The minimum Gasteiger partial charge on any atom is -0.454 e. The Kier molecular flexibility index (Phi) is 4.12. The summed E-state index contributed by atoms with van der Waals surface area (Å²) in [5.74, 6) is 4.01. The van der Waals surface area contributed by atoms with Crippen molar-refractivity contribution in [3.8, 4) is 17.4 Å². The highest BCUT2D eigenvalue weighted by atomic mass is 32.1. The van der Waals surface area contributed by atoms with Crippen LogP contribution in [0, 0.1) is 6.92 Å². The first-order valence-corrected chi connectivity index (χ1v) is 11.0. The van der Waals surface area contributed by atoms with E-state index in [2.05, 4.69) is 16.4 Å². The maximum atomic E-state index is 5.52. The third-order valence-corrected chi connectivity index (χ3v) is 6.93. The van der Waals surface area contributed by atoms with Gasteiger partial charge in [-0.3, -0.25) is 4.57 Å². The van der Waals surface area contributed by atoms with Crippen LogP contribution in [-0.2, 0) is 19.4 Å². The molecule has 0 unspecified atom stereocenters. The van der Waals surface area contributed by atoms with Gasteiger partial charge in [0.05, 0.1) is 5.39 Å². The lowest BCUT2D eigenvalue weighted by molar-refractivity contribution is 0.174. The predicted octanol–water partition coefficient (Wildman–Crippen LogP) is 4.41. The third kappa shape index (κ3) is 2.90. The summed E-state index contributed by atoms with van der Waals surface area (Å²) in [6.45, 7) is 2.90. The number of ether oxygens (including phenoxy) is 2. The summed E-state index contributed by atoms with van der Waals surface area (Å²) in [7, 11) is 0. The lowest BCUT2D eigenvalue weighted by atomic mass is 9.97. The number of rotatable bonds is 4. The lowest BCUT2D eigenvalue weighted by Gasteiger charge is -2.14. The Morgan fingerprint density at radius 1 is 1.13 bits per heavy atom. The Hall–Kier alpha value is -3.13. The molecule has 0 spiro atoms. The molecule has 1 aromatic carbocycles. The smallest absolute Gasteiger partial charge is 0.238 e. The van der Waals surface area contributed by atoms with E-state index in [1.165, 1.54) is 28.7 Å². The summed E-state index contributed by atoms with van der Waals surface area (Å²) >= 11 is 1.81. The first kappa shape index (κ1) is 17.7. The highest BCUT2D eigenvalue weighted by molar-refractivity contribution is 7.19. The van der Waals surface area contributed by atoms with E-state index >= 15 is 0 Å². The summed E-state index contributed by atoms with van der Waals surface area (Å²) in [6.07, 6.45) is 8.40. The molecule has 0 saturated heterocycles. The van der Waals surface area contributed by atoms with Crippen LogP contribution in [-0.4, -0.2) is 26.3 Å². The minimum absolute atomic E-state index is 0.285. The zero-order valence-electron chi connectivity index (χ0n) is 16.6. The van der Waals surface area contributed by atoms with Crippen molar-refractivity contribution in [1.29, 1.82) is 0 Å². The zero-order valence-corrected chi connectivity index (χ0v) is 17.5. The van der Waals surface area contributed by atoms with E-state index in [1.54, 1.807) is 6.20 Å². The standard InChI is InChI=1S/C22H21N5O2S/c1-13-23-8-9-27(13)22-25-20(19-15-4-2-3-5-18(15)30-21(19)26-22)24-11-14-6-7-16-17(10-14)29-12-28-16/h6-10H,2-5,11-12H2,1H3,(H,24,25,26). The van der Waals surface area contributed by atoms with Gasteiger partial charge in [0, 0.05) is 23.8 Å². The zero-order chi connectivity index (χ0) is 20.1. The molecular weight excluding hydrogens is 398 g/mol. The molecule has 0 saturated carbocycles. The number of hydrogen-bond acceptors (Lipinski definition) is 7. The van der Waals surface area contributed by atoms with E-state index in [9.17, 15) is 0 Å². The summed E-state index contributed by atoms with van der Waals surface area (Å²) in [6, 6.07) is 6.04. The summed E-state index contributed by atoms with van der Waals surface area (Å²) < 4.78 is 12.9. The second-order valence-electron chi connectivity index (χ2n) is 7.65. The number of nitrogens with one attached hydrogen (secondary N) is 1. The molecule has 4 heterocycles. The Bertz CT molecular complexity index is 1260. The van der Waals surface area contributed by atoms with Crippen molar-refractivity contribution in [2.24, 2.45) is 0 Å². The van der Waals surface area contributed by atoms with E-state index in [-0.39, 0.29) is 6.79 Å². The van der Waals surface area contributed by atoms with Crippen LogP contribution in [0.1, 0.15) is 34.7 Å². The first-order chi connectivity index (χ1) is 14.8. The van der Waals surface area contributed by atoms with Gasteiger partial charge in [-0.15, -0.1) is 11.3 Å². The number of imidazole rings is 1. The molecule has 0 bridgehead atoms. The molecule has 6 rings (SSSR count). The number of thiophene rings is 1. The minimum atomic E-state index is 0.285. The van der Waals surface area contributed by atoms with Gasteiger partial charge in [0.2, 0.25) is 12.7 Å². The average molecular weight is 420 g/mol. The Labute approximate surface area is 177 Å². The van der Waals surface area contributed by atoms with Gasteiger partial charge in [0.1, 0.15) is 16.5 Å². The molecule has 8 heteroatoms. The highest BCUT2D eigenvalue weighted by Gasteiger charge is 2.22. The number of fused-ring (bicyclic) bond motifs is 4. The van der Waals surface area contributed by atoms with Crippen molar-refractivity contribution in [3.05, 3.63) is 52.4 Å². The Morgan fingerprint density at radius 2 is 2.03 bits per heavy atom. The summed E-state index contributed by atoms with van der Waals surface area (Å²) in [5, 5.41) is 4.76. The number of nitrogens with zero attached hydrogens (tertiary/aromatic N) is 4. The van der Waals surface area contributed by atoms with Gasteiger partial charge in [-0.05, 0) is 55.9 Å². The number of hydrogen-bond donors (Lipinski definition) is 1. The van der Waals surface area contributed by atoms with Gasteiger partial charge >= 0.3 is 0 Å². The fourth-order valence-electron chi connectivity index (χ4n) is 4.21. The van der Waals surface area contributed by atoms with Gasteiger partial charge < -0.3 is 14.8 Å². The summed E-state index contributed by atoms with van der Waals surface area (Å²) in [4.78, 5) is 16.7. The molecule has 2 aliphatic rings. The van der Waals surface area contributed by atoms with Crippen LogP contribution in [0.25, 0.3) is 16.2 Å². The molecule has 7 nitrogen and oxygen atoms in total. The van der Waals surface area contributed by atoms with Crippen molar-refractivity contribution in [2.75, 3.05) is 12.1 Å². The van der Waals surface area contributed by atoms with E-state index in [1.807, 2.05) is 41.2 Å². The van der Waals surface area contributed by atoms with Gasteiger partial charge in [-0.1, -0.05) is 6.07 Å². The number of aromatic nitrogens is 4. The molecule has 0 fully saturated rings. The monoisotopic (exact) mass is 419 g/mol. The normalized spacial score (nSPS) is 14.8. The van der Waals surface area contributed by atoms with Crippen molar-refractivity contribution in [3.63, 3.8) is 0 Å². The third-order valence-electron chi connectivity index (χ3n) is 5.74. The largest absolute Gasteiger partial charge is 0.454 e. The van der Waals surface area contributed by atoms with E-state index in [4.69, 9.17) is 19.4 Å². The van der Waals surface area contributed by atoms with E-state index in [0.29, 0.717) is 12.5 Å². The molecule has 30 heavy (non-hydrogen) atoms. The van der Waals surface area contributed by atoms with Gasteiger partial charge in [0.25, 0.3) is 0 Å². The molecule has 1 aliphatic carbocycles. The topological polar surface area (TPSA) is 74.1 Å². The van der Waals surface area contributed by atoms with Crippen molar-refractivity contribution >= 4 is 27.4 Å². The van der Waals surface area contributed by atoms with E-state index < -0.39 is 0 Å². The lowest BCUT2D eigenvalue weighted by Crippen LogP contribution is -2.08. The van der Waals surface area contributed by atoms with Crippen LogP contribution in [0.15, 0.2) is 30.6 Å². The molecule has 152 valence electrons. The van der Waals surface area contributed by atoms with Crippen LogP contribution in [0.5, 0.6) is 11.5 Å². The predicted molar refractivity (Wildman–Crippen MR) is 116 cm³/mol. The van der Waals surface area contributed by atoms with Crippen LogP contribution in [0.3, 0.4) is 0 Å². The van der Waals surface area contributed by atoms with Crippen LogP contribution < -0.4 is 14.8 Å². The summed E-state index contributed by atoms with van der Waals surface area (Å²) in [5.41, 5.74) is 2.54. The maximum Gasteiger partial charge on any atom is 0.238 e. The number of aryl methyl sites for hydroxylation is 3. The van der Waals surface area contributed by atoms with Crippen molar-refractivity contribution in [1.82, 2.24) is 19.5 Å². The number of benzene rings is 1. The molecule has 0 amide bonds.